The van der Waals surface area contributed by atoms with Gasteiger partial charge in [-0.3, -0.25) is 4.79 Å². The smallest absolute Gasteiger partial charge is 0.150 e. The number of hydrogen-bond donors (Lipinski definition) is 0. The Morgan fingerprint density at radius 3 is 2.63 bits per heavy atom. The highest BCUT2D eigenvalue weighted by Crippen LogP contribution is 2.25. The summed E-state index contributed by atoms with van der Waals surface area (Å²) in [6.45, 7) is 4.32. The first-order valence-corrected chi connectivity index (χ1v) is 6.44. The number of rotatable bonds is 4. The van der Waals surface area contributed by atoms with Gasteiger partial charge in [-0.2, -0.15) is 0 Å². The molecule has 0 heterocycles. The van der Waals surface area contributed by atoms with Crippen molar-refractivity contribution < 1.29 is 9.18 Å². The second-order valence-electron chi connectivity index (χ2n) is 5.15. The molecule has 0 fully saturated rings. The summed E-state index contributed by atoms with van der Waals surface area (Å²) >= 11 is 0. The van der Waals surface area contributed by atoms with E-state index in [1.54, 1.807) is 0 Å². The number of hydrogen-bond acceptors (Lipinski definition) is 1. The van der Waals surface area contributed by atoms with Gasteiger partial charge in [-0.25, -0.2) is 4.39 Å². The summed E-state index contributed by atoms with van der Waals surface area (Å²) in [5.74, 6) is 0.239. The van der Waals surface area contributed by atoms with Crippen LogP contribution in [0.3, 0.4) is 0 Å². The molecule has 0 aromatic heterocycles. The van der Waals surface area contributed by atoms with Crippen molar-refractivity contribution in [2.75, 3.05) is 0 Å². The van der Waals surface area contributed by atoms with E-state index in [-0.39, 0.29) is 5.82 Å². The van der Waals surface area contributed by atoms with Gasteiger partial charge in [-0.1, -0.05) is 38.1 Å². The fourth-order valence-corrected chi connectivity index (χ4v) is 2.22. The third-order valence-corrected chi connectivity index (χ3v) is 3.02. The number of benzene rings is 2. The van der Waals surface area contributed by atoms with Crippen LogP contribution < -0.4 is 0 Å². The molecule has 0 aliphatic rings. The molecule has 1 nitrogen and oxygen atoms in total. The van der Waals surface area contributed by atoms with Crippen molar-refractivity contribution in [3.63, 3.8) is 0 Å². The molecule has 0 N–H and O–H groups in total. The zero-order valence-electron chi connectivity index (χ0n) is 11.2. The lowest BCUT2D eigenvalue weighted by atomic mass is 9.95. The monoisotopic (exact) mass is 256 g/mol. The van der Waals surface area contributed by atoms with E-state index in [1.807, 2.05) is 18.2 Å². The van der Waals surface area contributed by atoms with Crippen molar-refractivity contribution in [3.8, 4) is 11.1 Å². The highest BCUT2D eigenvalue weighted by Gasteiger charge is 2.07. The Balaban J connectivity index is 2.46. The van der Waals surface area contributed by atoms with Gasteiger partial charge >= 0.3 is 0 Å². The lowest BCUT2D eigenvalue weighted by Gasteiger charge is -2.09. The highest BCUT2D eigenvalue weighted by atomic mass is 19.1. The molecule has 0 amide bonds. The van der Waals surface area contributed by atoms with E-state index in [1.165, 1.54) is 23.8 Å². The molecule has 2 heteroatoms. The van der Waals surface area contributed by atoms with Gasteiger partial charge < -0.3 is 0 Å². The fourth-order valence-electron chi connectivity index (χ4n) is 2.22. The van der Waals surface area contributed by atoms with Gasteiger partial charge in [0.25, 0.3) is 0 Å². The van der Waals surface area contributed by atoms with Crippen molar-refractivity contribution in [1.29, 1.82) is 0 Å². The van der Waals surface area contributed by atoms with Gasteiger partial charge in [0.1, 0.15) is 5.82 Å². The van der Waals surface area contributed by atoms with Gasteiger partial charge in [0.2, 0.25) is 0 Å². The van der Waals surface area contributed by atoms with E-state index in [0.29, 0.717) is 17.0 Å². The van der Waals surface area contributed by atoms with Crippen molar-refractivity contribution in [2.45, 2.75) is 20.3 Å². The average Bonchev–Trinajstić information content (AvgIpc) is 2.38. The molecule has 0 spiro atoms. The molecular weight excluding hydrogens is 239 g/mol. The Labute approximate surface area is 113 Å². The molecular formula is C17H17FO. The molecule has 2 aromatic rings. The third kappa shape index (κ3) is 3.28. The second-order valence-corrected chi connectivity index (χ2v) is 5.15. The summed E-state index contributed by atoms with van der Waals surface area (Å²) in [5.41, 5.74) is 3.26. The summed E-state index contributed by atoms with van der Waals surface area (Å²) in [5, 5.41) is 0. The Morgan fingerprint density at radius 1 is 1.16 bits per heavy atom. The van der Waals surface area contributed by atoms with Crippen molar-refractivity contribution >= 4 is 6.29 Å². The molecule has 0 atom stereocenters. The van der Waals surface area contributed by atoms with Crippen LogP contribution in [0.4, 0.5) is 4.39 Å². The lowest BCUT2D eigenvalue weighted by molar-refractivity contribution is 0.112. The van der Waals surface area contributed by atoms with Gasteiger partial charge in [0, 0.05) is 5.56 Å². The Kier molecular flexibility index (Phi) is 4.10. The fraction of sp³-hybridized carbons (Fsp3) is 0.235. The predicted octanol–water partition coefficient (Wildman–Crippen LogP) is 4.50. The minimum atomic E-state index is -0.324. The quantitative estimate of drug-likeness (QED) is 0.736. The normalized spacial score (nSPS) is 10.7. The predicted molar refractivity (Wildman–Crippen MR) is 75.8 cm³/mol. The van der Waals surface area contributed by atoms with Crippen LogP contribution in [0.2, 0.25) is 0 Å². The summed E-state index contributed by atoms with van der Waals surface area (Å²) in [6.07, 6.45) is 1.74. The van der Waals surface area contributed by atoms with Gasteiger partial charge in [-0.05, 0) is 47.2 Å². The van der Waals surface area contributed by atoms with Gasteiger partial charge in [-0.15, -0.1) is 0 Å². The molecule has 0 unspecified atom stereocenters. The Bertz CT molecular complexity index is 588. The maximum absolute atomic E-state index is 13.4. The Morgan fingerprint density at radius 2 is 1.95 bits per heavy atom. The topological polar surface area (TPSA) is 17.1 Å². The molecule has 0 saturated heterocycles. The van der Waals surface area contributed by atoms with Crippen molar-refractivity contribution in [2.24, 2.45) is 5.92 Å². The number of carbonyl (C=O) groups excluding carboxylic acids is 1. The summed E-state index contributed by atoms with van der Waals surface area (Å²) in [6, 6.07) is 12.2. The summed E-state index contributed by atoms with van der Waals surface area (Å²) in [4.78, 5) is 11.1. The van der Waals surface area contributed by atoms with Crippen LogP contribution in [-0.2, 0) is 6.42 Å². The average molecular weight is 256 g/mol. The third-order valence-electron chi connectivity index (χ3n) is 3.02. The van der Waals surface area contributed by atoms with E-state index in [0.717, 1.165) is 18.3 Å². The van der Waals surface area contributed by atoms with Crippen LogP contribution in [0.1, 0.15) is 29.8 Å². The summed E-state index contributed by atoms with van der Waals surface area (Å²) < 4.78 is 13.4. The second kappa shape index (κ2) is 5.79. The zero-order valence-corrected chi connectivity index (χ0v) is 11.2. The molecule has 2 aromatic carbocycles. The molecule has 0 aliphatic heterocycles. The summed E-state index contributed by atoms with van der Waals surface area (Å²) in [7, 11) is 0. The lowest BCUT2D eigenvalue weighted by Crippen LogP contribution is -1.95. The maximum atomic E-state index is 13.4. The van der Waals surface area contributed by atoms with Crippen LogP contribution in [0.15, 0.2) is 42.5 Å². The maximum Gasteiger partial charge on any atom is 0.150 e. The van der Waals surface area contributed by atoms with Crippen LogP contribution in [-0.4, -0.2) is 6.29 Å². The largest absolute Gasteiger partial charge is 0.298 e. The van der Waals surface area contributed by atoms with Crippen LogP contribution in [0.25, 0.3) is 11.1 Å². The SMILES string of the molecule is CC(C)Cc1cccc(-c2cc(F)ccc2C=O)c1. The number of carbonyl (C=O) groups is 1. The minimum absolute atomic E-state index is 0.324. The van der Waals surface area contributed by atoms with E-state index < -0.39 is 0 Å². The highest BCUT2D eigenvalue weighted by molar-refractivity contribution is 5.87. The molecule has 0 aliphatic carbocycles. The molecule has 2 rings (SSSR count). The standard InChI is InChI=1S/C17H17FO/c1-12(2)8-13-4-3-5-14(9-13)17-10-16(18)7-6-15(17)11-19/h3-7,9-12H,8H2,1-2H3. The first kappa shape index (κ1) is 13.5. The van der Waals surface area contributed by atoms with Crippen molar-refractivity contribution in [1.82, 2.24) is 0 Å². The molecule has 0 radical (unpaired) electrons. The number of aldehydes is 1. The number of halogens is 1. The van der Waals surface area contributed by atoms with Crippen LogP contribution in [0, 0.1) is 11.7 Å². The molecule has 98 valence electrons. The minimum Gasteiger partial charge on any atom is -0.298 e. The Hall–Kier alpha value is -1.96. The van der Waals surface area contributed by atoms with E-state index >= 15 is 0 Å². The van der Waals surface area contributed by atoms with E-state index in [9.17, 15) is 9.18 Å². The molecule has 19 heavy (non-hydrogen) atoms. The van der Waals surface area contributed by atoms with Gasteiger partial charge in [0.15, 0.2) is 6.29 Å². The first-order chi connectivity index (χ1) is 9.10. The van der Waals surface area contributed by atoms with E-state index in [2.05, 4.69) is 19.9 Å². The van der Waals surface area contributed by atoms with Gasteiger partial charge in [0.05, 0.1) is 0 Å². The van der Waals surface area contributed by atoms with E-state index in [4.69, 9.17) is 0 Å². The van der Waals surface area contributed by atoms with Crippen molar-refractivity contribution in [3.05, 3.63) is 59.4 Å². The van der Waals surface area contributed by atoms with Crippen LogP contribution in [0.5, 0.6) is 0 Å². The molecule has 0 bridgehead atoms. The zero-order chi connectivity index (χ0) is 13.8. The molecule has 0 saturated carbocycles. The first-order valence-electron chi connectivity index (χ1n) is 6.44. The van der Waals surface area contributed by atoms with Crippen LogP contribution >= 0.6 is 0 Å².